The van der Waals surface area contributed by atoms with Crippen molar-refractivity contribution < 1.29 is 14.7 Å². The van der Waals surface area contributed by atoms with Crippen molar-refractivity contribution in [3.05, 3.63) is 33.8 Å². The lowest BCUT2D eigenvalue weighted by atomic mass is 10.0. The highest BCUT2D eigenvalue weighted by molar-refractivity contribution is 6.42. The first kappa shape index (κ1) is 15.1. The molecule has 1 amide bonds. The van der Waals surface area contributed by atoms with Crippen molar-refractivity contribution in [1.29, 1.82) is 0 Å². The van der Waals surface area contributed by atoms with E-state index in [1.54, 1.807) is 18.2 Å². The molecule has 2 atom stereocenters. The predicted octanol–water partition coefficient (Wildman–Crippen LogP) is 2.91. The van der Waals surface area contributed by atoms with Gasteiger partial charge in [-0.3, -0.25) is 9.59 Å². The summed E-state index contributed by atoms with van der Waals surface area (Å²) in [4.78, 5) is 23.0. The summed E-state index contributed by atoms with van der Waals surface area (Å²) < 4.78 is 0. The highest BCUT2D eigenvalue weighted by atomic mass is 35.5. The van der Waals surface area contributed by atoms with Gasteiger partial charge in [0.25, 0.3) is 0 Å². The summed E-state index contributed by atoms with van der Waals surface area (Å²) in [5.41, 5.74) is 0.752. The lowest BCUT2D eigenvalue weighted by molar-refractivity contribution is -0.142. The van der Waals surface area contributed by atoms with Crippen molar-refractivity contribution in [1.82, 2.24) is 5.32 Å². The van der Waals surface area contributed by atoms with E-state index in [4.69, 9.17) is 28.3 Å². The summed E-state index contributed by atoms with van der Waals surface area (Å²) in [7, 11) is 0. The Morgan fingerprint density at radius 2 is 2.00 bits per heavy atom. The molecule has 0 unspecified atom stereocenters. The van der Waals surface area contributed by atoms with E-state index >= 15 is 0 Å². The normalized spacial score (nSPS) is 21.7. The number of nitrogens with one attached hydrogen (secondary N) is 1. The molecule has 1 aromatic rings. The summed E-state index contributed by atoms with van der Waals surface area (Å²) >= 11 is 11.7. The molecule has 2 N–H and O–H groups in total. The Kier molecular flexibility index (Phi) is 4.89. The molecule has 1 aromatic carbocycles. The minimum atomic E-state index is -0.845. The van der Waals surface area contributed by atoms with Gasteiger partial charge in [-0.25, -0.2) is 0 Å². The Morgan fingerprint density at radius 1 is 1.25 bits per heavy atom. The van der Waals surface area contributed by atoms with Crippen molar-refractivity contribution in [2.24, 2.45) is 5.92 Å². The minimum absolute atomic E-state index is 0.166. The van der Waals surface area contributed by atoms with Gasteiger partial charge in [-0.05, 0) is 30.5 Å². The molecule has 1 fully saturated rings. The predicted molar refractivity (Wildman–Crippen MR) is 77.1 cm³/mol. The smallest absolute Gasteiger partial charge is 0.308 e. The second kappa shape index (κ2) is 6.46. The molecular weight excluding hydrogens is 301 g/mol. The van der Waals surface area contributed by atoms with E-state index in [0.29, 0.717) is 22.9 Å². The third-order valence-corrected chi connectivity index (χ3v) is 4.27. The SMILES string of the molecule is O=C(Cc1ccc(Cl)c(Cl)c1)N[C@H]1CCC[C@H]1C(=O)O. The number of hydrogen-bond acceptors (Lipinski definition) is 2. The Bertz CT molecular complexity index is 533. The highest BCUT2D eigenvalue weighted by Gasteiger charge is 2.33. The van der Waals surface area contributed by atoms with Crippen LogP contribution in [-0.4, -0.2) is 23.0 Å². The third kappa shape index (κ3) is 3.64. The van der Waals surface area contributed by atoms with Crippen LogP contribution in [0.15, 0.2) is 18.2 Å². The van der Waals surface area contributed by atoms with Gasteiger partial charge in [-0.2, -0.15) is 0 Å². The number of halogens is 2. The van der Waals surface area contributed by atoms with Crippen LogP contribution in [0.3, 0.4) is 0 Å². The Hall–Kier alpha value is -1.26. The van der Waals surface area contributed by atoms with Crippen LogP contribution in [0.2, 0.25) is 10.0 Å². The maximum Gasteiger partial charge on any atom is 0.308 e. The maximum atomic E-state index is 12.0. The van der Waals surface area contributed by atoms with Crippen LogP contribution in [-0.2, 0) is 16.0 Å². The monoisotopic (exact) mass is 315 g/mol. The van der Waals surface area contributed by atoms with Crippen molar-refractivity contribution in [2.75, 3.05) is 0 Å². The van der Waals surface area contributed by atoms with E-state index in [0.717, 1.165) is 12.0 Å². The van der Waals surface area contributed by atoms with Crippen LogP contribution >= 0.6 is 23.2 Å². The first-order valence-corrected chi connectivity index (χ1v) is 7.19. The van der Waals surface area contributed by atoms with Crippen LogP contribution in [0.1, 0.15) is 24.8 Å². The van der Waals surface area contributed by atoms with Gasteiger partial charge in [0.2, 0.25) is 5.91 Å². The van der Waals surface area contributed by atoms with E-state index in [2.05, 4.69) is 5.32 Å². The lowest BCUT2D eigenvalue weighted by Crippen LogP contribution is -2.40. The topological polar surface area (TPSA) is 66.4 Å². The van der Waals surface area contributed by atoms with Gasteiger partial charge < -0.3 is 10.4 Å². The van der Waals surface area contributed by atoms with Crippen molar-refractivity contribution in [2.45, 2.75) is 31.7 Å². The van der Waals surface area contributed by atoms with Crippen LogP contribution in [0.4, 0.5) is 0 Å². The van der Waals surface area contributed by atoms with E-state index < -0.39 is 11.9 Å². The van der Waals surface area contributed by atoms with Crippen LogP contribution in [0, 0.1) is 5.92 Å². The summed E-state index contributed by atoms with van der Waals surface area (Å²) in [6.07, 6.45) is 2.32. The molecule has 108 valence electrons. The van der Waals surface area contributed by atoms with Gasteiger partial charge >= 0.3 is 5.97 Å². The van der Waals surface area contributed by atoms with Gasteiger partial charge in [0.1, 0.15) is 0 Å². The zero-order chi connectivity index (χ0) is 14.7. The summed E-state index contributed by atoms with van der Waals surface area (Å²) in [5, 5.41) is 12.7. The molecule has 2 rings (SSSR count). The van der Waals surface area contributed by atoms with Crippen LogP contribution in [0.25, 0.3) is 0 Å². The van der Waals surface area contributed by atoms with Crippen LogP contribution < -0.4 is 5.32 Å². The molecule has 0 radical (unpaired) electrons. The van der Waals surface area contributed by atoms with Crippen molar-refractivity contribution in [3.63, 3.8) is 0 Å². The second-order valence-corrected chi connectivity index (χ2v) is 5.79. The van der Waals surface area contributed by atoms with E-state index in [-0.39, 0.29) is 18.4 Å². The summed E-state index contributed by atoms with van der Waals surface area (Å²) in [6.45, 7) is 0. The van der Waals surface area contributed by atoms with Crippen LogP contribution in [0.5, 0.6) is 0 Å². The number of aliphatic carboxylic acids is 1. The Morgan fingerprint density at radius 3 is 2.65 bits per heavy atom. The quantitative estimate of drug-likeness (QED) is 0.897. The largest absolute Gasteiger partial charge is 0.481 e. The highest BCUT2D eigenvalue weighted by Crippen LogP contribution is 2.26. The number of carbonyl (C=O) groups excluding carboxylic acids is 1. The maximum absolute atomic E-state index is 12.0. The number of carbonyl (C=O) groups is 2. The molecule has 20 heavy (non-hydrogen) atoms. The van der Waals surface area contributed by atoms with Gasteiger partial charge in [-0.15, -0.1) is 0 Å². The fourth-order valence-electron chi connectivity index (χ4n) is 2.52. The zero-order valence-corrected chi connectivity index (χ0v) is 12.2. The third-order valence-electron chi connectivity index (χ3n) is 3.53. The van der Waals surface area contributed by atoms with Gasteiger partial charge in [0.15, 0.2) is 0 Å². The first-order valence-electron chi connectivity index (χ1n) is 6.43. The molecule has 0 aliphatic heterocycles. The second-order valence-electron chi connectivity index (χ2n) is 4.97. The molecule has 0 aromatic heterocycles. The molecule has 0 saturated heterocycles. The molecule has 0 bridgehead atoms. The fraction of sp³-hybridized carbons (Fsp3) is 0.429. The Balaban J connectivity index is 1.95. The lowest BCUT2D eigenvalue weighted by Gasteiger charge is -2.17. The molecule has 4 nitrogen and oxygen atoms in total. The zero-order valence-electron chi connectivity index (χ0n) is 10.7. The molecule has 1 aliphatic rings. The molecule has 0 heterocycles. The fourth-order valence-corrected chi connectivity index (χ4v) is 2.84. The van der Waals surface area contributed by atoms with E-state index in [9.17, 15) is 9.59 Å². The number of rotatable bonds is 4. The summed E-state index contributed by atoms with van der Waals surface area (Å²) in [6, 6.07) is 4.74. The number of hydrogen-bond donors (Lipinski definition) is 2. The molecule has 1 saturated carbocycles. The van der Waals surface area contributed by atoms with Crippen molar-refractivity contribution >= 4 is 35.1 Å². The van der Waals surface area contributed by atoms with E-state index in [1.165, 1.54) is 0 Å². The minimum Gasteiger partial charge on any atom is -0.481 e. The number of carboxylic acids is 1. The number of carboxylic acid groups (broad SMARTS) is 1. The van der Waals surface area contributed by atoms with E-state index in [1.807, 2.05) is 0 Å². The molecule has 0 spiro atoms. The molecule has 1 aliphatic carbocycles. The molecular formula is C14H15Cl2NO3. The number of benzene rings is 1. The number of amides is 1. The van der Waals surface area contributed by atoms with Gasteiger partial charge in [0, 0.05) is 6.04 Å². The average molecular weight is 316 g/mol. The standard InChI is InChI=1S/C14H15Cl2NO3/c15-10-5-4-8(6-11(10)16)7-13(18)17-12-3-1-2-9(12)14(19)20/h4-6,9,12H,1-3,7H2,(H,17,18)(H,19,20)/t9-,12+/m1/s1. The van der Waals surface area contributed by atoms with Gasteiger partial charge in [0.05, 0.1) is 22.4 Å². The average Bonchev–Trinajstić information content (AvgIpc) is 2.82. The summed E-state index contributed by atoms with van der Waals surface area (Å²) in [5.74, 6) is -1.52. The Labute approximate surface area is 127 Å². The van der Waals surface area contributed by atoms with Crippen molar-refractivity contribution in [3.8, 4) is 0 Å². The first-order chi connectivity index (χ1) is 9.47. The van der Waals surface area contributed by atoms with Gasteiger partial charge in [-0.1, -0.05) is 35.7 Å². The molecule has 6 heteroatoms.